The average Bonchev–Trinajstić information content (AvgIpc) is 2.42. The summed E-state index contributed by atoms with van der Waals surface area (Å²) in [5.41, 5.74) is 0.584. The van der Waals surface area contributed by atoms with E-state index in [2.05, 4.69) is 0 Å². The van der Waals surface area contributed by atoms with E-state index in [1.165, 1.54) is 13.2 Å². The first-order valence-corrected chi connectivity index (χ1v) is 7.76. The number of halogens is 1. The van der Waals surface area contributed by atoms with Crippen molar-refractivity contribution in [3.05, 3.63) is 28.8 Å². The molecule has 1 rings (SSSR count). The second-order valence-electron chi connectivity index (χ2n) is 3.89. The van der Waals surface area contributed by atoms with Crippen molar-refractivity contribution in [2.45, 2.75) is 6.42 Å². The van der Waals surface area contributed by atoms with Crippen LogP contribution in [-0.2, 0) is 4.79 Å². The molecule has 0 fully saturated rings. The molecule has 0 atom stereocenters. The summed E-state index contributed by atoms with van der Waals surface area (Å²) in [6.45, 7) is 0.534. The SMILES string of the molecule is COc1cc(Cl)cc(/C=C/C(=O)O)c1OCCCSC. The molecule has 110 valence electrons. The minimum Gasteiger partial charge on any atom is -0.493 e. The van der Waals surface area contributed by atoms with Crippen molar-refractivity contribution >= 4 is 35.4 Å². The van der Waals surface area contributed by atoms with Crippen molar-refractivity contribution < 1.29 is 19.4 Å². The lowest BCUT2D eigenvalue weighted by Crippen LogP contribution is -2.02. The number of benzene rings is 1. The maximum atomic E-state index is 10.6. The van der Waals surface area contributed by atoms with Gasteiger partial charge in [-0.3, -0.25) is 0 Å². The Morgan fingerprint density at radius 2 is 2.25 bits per heavy atom. The fourth-order valence-corrected chi connectivity index (χ4v) is 2.18. The quantitative estimate of drug-likeness (QED) is 0.587. The third-order valence-electron chi connectivity index (χ3n) is 2.41. The molecule has 0 aliphatic carbocycles. The summed E-state index contributed by atoms with van der Waals surface area (Å²) in [6.07, 6.45) is 5.42. The van der Waals surface area contributed by atoms with Crippen molar-refractivity contribution in [2.75, 3.05) is 25.7 Å². The van der Waals surface area contributed by atoms with Crippen LogP contribution in [0.5, 0.6) is 11.5 Å². The fraction of sp³-hybridized carbons (Fsp3) is 0.357. The van der Waals surface area contributed by atoms with E-state index >= 15 is 0 Å². The topological polar surface area (TPSA) is 55.8 Å². The molecule has 0 bridgehead atoms. The molecule has 0 radical (unpaired) electrons. The number of carbonyl (C=O) groups is 1. The van der Waals surface area contributed by atoms with Gasteiger partial charge in [0, 0.05) is 22.7 Å². The minimum absolute atomic E-state index is 0.461. The number of aliphatic carboxylic acids is 1. The van der Waals surface area contributed by atoms with E-state index in [9.17, 15) is 4.79 Å². The van der Waals surface area contributed by atoms with Crippen LogP contribution in [0.2, 0.25) is 5.02 Å². The predicted octanol–water partition coefficient (Wildman–Crippen LogP) is 3.58. The zero-order valence-corrected chi connectivity index (χ0v) is 13.0. The third-order valence-corrected chi connectivity index (χ3v) is 3.33. The molecule has 0 saturated heterocycles. The molecule has 0 aliphatic heterocycles. The first kappa shape index (κ1) is 16.7. The van der Waals surface area contributed by atoms with Crippen LogP contribution in [0.15, 0.2) is 18.2 Å². The lowest BCUT2D eigenvalue weighted by Gasteiger charge is -2.14. The van der Waals surface area contributed by atoms with Crippen LogP contribution < -0.4 is 9.47 Å². The van der Waals surface area contributed by atoms with Gasteiger partial charge in [-0.1, -0.05) is 11.6 Å². The minimum atomic E-state index is -1.03. The van der Waals surface area contributed by atoms with Crippen LogP contribution in [0.4, 0.5) is 0 Å². The van der Waals surface area contributed by atoms with Crippen LogP contribution in [0.1, 0.15) is 12.0 Å². The molecule has 4 nitrogen and oxygen atoms in total. The average molecular weight is 317 g/mol. The Balaban J connectivity index is 2.99. The second kappa shape index (κ2) is 8.76. The van der Waals surface area contributed by atoms with Crippen LogP contribution in [-0.4, -0.2) is 36.8 Å². The van der Waals surface area contributed by atoms with Crippen LogP contribution in [0.3, 0.4) is 0 Å². The largest absolute Gasteiger partial charge is 0.493 e. The van der Waals surface area contributed by atoms with Gasteiger partial charge in [0.15, 0.2) is 11.5 Å². The van der Waals surface area contributed by atoms with E-state index in [0.29, 0.717) is 28.7 Å². The maximum Gasteiger partial charge on any atom is 0.328 e. The van der Waals surface area contributed by atoms with Crippen LogP contribution in [0.25, 0.3) is 6.08 Å². The van der Waals surface area contributed by atoms with Gasteiger partial charge in [-0.15, -0.1) is 0 Å². The van der Waals surface area contributed by atoms with Gasteiger partial charge in [-0.2, -0.15) is 11.8 Å². The maximum absolute atomic E-state index is 10.6. The first-order chi connectivity index (χ1) is 9.58. The molecule has 1 aromatic carbocycles. The highest BCUT2D eigenvalue weighted by atomic mass is 35.5. The molecule has 0 amide bonds. The van der Waals surface area contributed by atoms with Crippen molar-refractivity contribution in [3.63, 3.8) is 0 Å². The summed E-state index contributed by atoms with van der Waals surface area (Å²) < 4.78 is 10.9. The molecule has 1 N–H and O–H groups in total. The lowest BCUT2D eigenvalue weighted by molar-refractivity contribution is -0.131. The van der Waals surface area contributed by atoms with Gasteiger partial charge in [-0.25, -0.2) is 4.79 Å². The number of hydrogen-bond acceptors (Lipinski definition) is 4. The summed E-state index contributed by atoms with van der Waals surface area (Å²) in [5.74, 6) is 0.968. The van der Waals surface area contributed by atoms with E-state index in [4.69, 9.17) is 26.2 Å². The Morgan fingerprint density at radius 3 is 2.85 bits per heavy atom. The number of rotatable bonds is 8. The van der Waals surface area contributed by atoms with E-state index in [0.717, 1.165) is 18.2 Å². The van der Waals surface area contributed by atoms with Gasteiger partial charge in [0.25, 0.3) is 0 Å². The summed E-state index contributed by atoms with van der Waals surface area (Å²) in [7, 11) is 1.52. The normalized spacial score (nSPS) is 10.8. The van der Waals surface area contributed by atoms with Crippen molar-refractivity contribution in [2.24, 2.45) is 0 Å². The van der Waals surface area contributed by atoms with Gasteiger partial charge >= 0.3 is 5.97 Å². The molecule has 20 heavy (non-hydrogen) atoms. The number of ether oxygens (including phenoxy) is 2. The molecule has 1 aromatic rings. The summed E-state index contributed by atoms with van der Waals surface area (Å²) in [6, 6.07) is 3.29. The Bertz CT molecular complexity index is 488. The van der Waals surface area contributed by atoms with E-state index in [1.807, 2.05) is 6.26 Å². The summed E-state index contributed by atoms with van der Waals surface area (Å²) in [5, 5.41) is 9.17. The fourth-order valence-electron chi connectivity index (χ4n) is 1.56. The smallest absolute Gasteiger partial charge is 0.328 e. The van der Waals surface area contributed by atoms with E-state index in [1.54, 1.807) is 23.9 Å². The van der Waals surface area contributed by atoms with Gasteiger partial charge in [0.2, 0.25) is 0 Å². The van der Waals surface area contributed by atoms with Crippen LogP contribution >= 0.6 is 23.4 Å². The number of methoxy groups -OCH3 is 1. The van der Waals surface area contributed by atoms with Crippen molar-refractivity contribution in [3.8, 4) is 11.5 Å². The molecule has 0 spiro atoms. The number of hydrogen-bond donors (Lipinski definition) is 1. The Morgan fingerprint density at radius 1 is 1.50 bits per heavy atom. The van der Waals surface area contributed by atoms with E-state index < -0.39 is 5.97 Å². The van der Waals surface area contributed by atoms with E-state index in [-0.39, 0.29) is 0 Å². The molecule has 0 unspecified atom stereocenters. The Hall–Kier alpha value is -1.33. The van der Waals surface area contributed by atoms with Crippen LogP contribution in [0, 0.1) is 0 Å². The van der Waals surface area contributed by atoms with Gasteiger partial charge in [0.05, 0.1) is 13.7 Å². The molecule has 0 aromatic heterocycles. The van der Waals surface area contributed by atoms with Crippen molar-refractivity contribution in [1.82, 2.24) is 0 Å². The number of carboxylic acid groups (broad SMARTS) is 1. The Kier molecular flexibility index (Phi) is 7.33. The second-order valence-corrected chi connectivity index (χ2v) is 5.31. The number of carboxylic acids is 1. The molecule has 0 saturated carbocycles. The molecule has 0 aliphatic rings. The Labute approximate surface area is 127 Å². The van der Waals surface area contributed by atoms with Gasteiger partial charge < -0.3 is 14.6 Å². The van der Waals surface area contributed by atoms with Gasteiger partial charge in [-0.05, 0) is 30.6 Å². The monoisotopic (exact) mass is 316 g/mol. The zero-order chi connectivity index (χ0) is 15.0. The summed E-state index contributed by atoms with van der Waals surface area (Å²) >= 11 is 7.72. The highest BCUT2D eigenvalue weighted by molar-refractivity contribution is 7.98. The standard InChI is InChI=1S/C14H17ClO4S/c1-18-12-9-11(15)8-10(4-5-13(16)17)14(12)19-6-3-7-20-2/h4-5,8-9H,3,6-7H2,1-2H3,(H,16,17)/b5-4+. The third kappa shape index (κ3) is 5.35. The molecular formula is C14H17ClO4S. The lowest BCUT2D eigenvalue weighted by atomic mass is 10.1. The highest BCUT2D eigenvalue weighted by Crippen LogP contribution is 2.35. The van der Waals surface area contributed by atoms with Crippen molar-refractivity contribution in [1.29, 1.82) is 0 Å². The summed E-state index contributed by atoms with van der Waals surface area (Å²) in [4.78, 5) is 10.6. The first-order valence-electron chi connectivity index (χ1n) is 5.98. The molecule has 0 heterocycles. The predicted molar refractivity (Wildman–Crippen MR) is 83.2 cm³/mol. The highest BCUT2D eigenvalue weighted by Gasteiger charge is 2.11. The molecular weight excluding hydrogens is 300 g/mol. The molecule has 6 heteroatoms. The number of thioether (sulfide) groups is 1. The zero-order valence-electron chi connectivity index (χ0n) is 11.4. The van der Waals surface area contributed by atoms with Gasteiger partial charge in [0.1, 0.15) is 0 Å².